The van der Waals surface area contributed by atoms with Gasteiger partial charge in [-0.1, -0.05) is 12.6 Å². The van der Waals surface area contributed by atoms with Gasteiger partial charge in [0.05, 0.1) is 37.4 Å². The van der Waals surface area contributed by atoms with Crippen molar-refractivity contribution in [1.29, 1.82) is 0 Å². The third-order valence-electron chi connectivity index (χ3n) is 8.30. The van der Waals surface area contributed by atoms with Gasteiger partial charge in [-0.3, -0.25) is 0 Å². The van der Waals surface area contributed by atoms with E-state index in [0.29, 0.717) is 33.7 Å². The highest BCUT2D eigenvalue weighted by Gasteiger charge is 2.47. The molecule has 4 aromatic rings. The van der Waals surface area contributed by atoms with Gasteiger partial charge in [-0.2, -0.15) is 0 Å². The van der Waals surface area contributed by atoms with E-state index in [-0.39, 0.29) is 36.6 Å². The predicted molar refractivity (Wildman–Crippen MR) is 164 cm³/mol. The van der Waals surface area contributed by atoms with Crippen molar-refractivity contribution in [3.05, 3.63) is 90.4 Å². The molecule has 2 aliphatic rings. The average molecular weight is 621 g/mol. The molecular weight excluding hydrogens is 588 g/mol. The summed E-state index contributed by atoms with van der Waals surface area (Å²) < 4.78 is 76.3. The van der Waals surface area contributed by atoms with E-state index in [1.165, 1.54) is 44.3 Å². The summed E-state index contributed by atoms with van der Waals surface area (Å²) in [4.78, 5) is 10.7. The number of methoxy groups -OCH3 is 2. The second kappa shape index (κ2) is 12.3. The highest BCUT2D eigenvalue weighted by molar-refractivity contribution is 5.97. The number of aromatic nitrogens is 2. The van der Waals surface area contributed by atoms with Crippen molar-refractivity contribution in [3.8, 4) is 28.4 Å². The minimum absolute atomic E-state index is 0.0356. The van der Waals surface area contributed by atoms with Crippen LogP contribution in [-0.2, 0) is 0 Å². The number of allylic oxidation sites excluding steroid dienone is 2. The molecule has 1 aliphatic heterocycles. The molecule has 3 aromatic carbocycles. The van der Waals surface area contributed by atoms with Crippen LogP contribution in [0.15, 0.2) is 78.8 Å². The molecule has 1 aromatic heterocycles. The van der Waals surface area contributed by atoms with Gasteiger partial charge in [-0.25, -0.2) is 27.5 Å². The van der Waals surface area contributed by atoms with Crippen LogP contribution >= 0.6 is 0 Å². The zero-order valence-corrected chi connectivity index (χ0v) is 24.9. The SMILES string of the molecule is C=CC(=C1CCC1)N1CCC(F)(F)C(Oc2cc(OC)cc3ncnc(Nc4cc(-c5ccc(F)cc5F)ccc4OC)c23)C1. The Bertz CT molecular complexity index is 1790. The van der Waals surface area contributed by atoms with Crippen molar-refractivity contribution in [1.82, 2.24) is 14.9 Å². The molecule has 0 radical (unpaired) electrons. The van der Waals surface area contributed by atoms with Gasteiger partial charge in [0.25, 0.3) is 5.92 Å². The van der Waals surface area contributed by atoms with Crippen LogP contribution in [0.1, 0.15) is 25.7 Å². The molecule has 234 valence electrons. The smallest absolute Gasteiger partial charge is 0.287 e. The van der Waals surface area contributed by atoms with Crippen LogP contribution in [0.4, 0.5) is 29.1 Å². The van der Waals surface area contributed by atoms with Crippen LogP contribution in [-0.4, -0.2) is 54.2 Å². The minimum Gasteiger partial charge on any atom is -0.497 e. The van der Waals surface area contributed by atoms with Crippen molar-refractivity contribution in [2.45, 2.75) is 37.7 Å². The molecule has 2 heterocycles. The van der Waals surface area contributed by atoms with Crippen LogP contribution in [0, 0.1) is 11.6 Å². The molecule has 0 bridgehead atoms. The lowest BCUT2D eigenvalue weighted by Gasteiger charge is -2.41. The topological polar surface area (TPSA) is 68.7 Å². The first-order valence-corrected chi connectivity index (χ1v) is 14.6. The van der Waals surface area contributed by atoms with E-state index in [9.17, 15) is 8.78 Å². The van der Waals surface area contributed by atoms with Crippen molar-refractivity contribution in [2.75, 3.05) is 32.6 Å². The number of hydrogen-bond acceptors (Lipinski definition) is 7. The summed E-state index contributed by atoms with van der Waals surface area (Å²) in [5, 5.41) is 3.54. The summed E-state index contributed by atoms with van der Waals surface area (Å²) in [6.07, 6.45) is 4.15. The van der Waals surface area contributed by atoms with Gasteiger partial charge in [0.2, 0.25) is 0 Å². The number of hydrogen-bond donors (Lipinski definition) is 1. The molecule has 1 saturated heterocycles. The second-order valence-corrected chi connectivity index (χ2v) is 11.0. The minimum atomic E-state index is -3.11. The molecule has 0 amide bonds. The number of benzene rings is 3. The molecular formula is C34H32F4N4O3. The van der Waals surface area contributed by atoms with E-state index >= 15 is 8.78 Å². The summed E-state index contributed by atoms with van der Waals surface area (Å²) in [5.74, 6) is -3.40. The molecule has 1 unspecified atom stereocenters. The monoisotopic (exact) mass is 620 g/mol. The number of piperidine rings is 1. The van der Waals surface area contributed by atoms with Gasteiger partial charge in [-0.05, 0) is 60.7 Å². The number of halogens is 4. The molecule has 1 aliphatic carbocycles. The van der Waals surface area contributed by atoms with Gasteiger partial charge < -0.3 is 24.4 Å². The van der Waals surface area contributed by atoms with Crippen LogP contribution < -0.4 is 19.5 Å². The van der Waals surface area contributed by atoms with Gasteiger partial charge >= 0.3 is 0 Å². The number of anilines is 2. The molecule has 7 nitrogen and oxygen atoms in total. The first-order valence-electron chi connectivity index (χ1n) is 14.6. The molecule has 1 atom stereocenters. The lowest BCUT2D eigenvalue weighted by molar-refractivity contribution is -0.131. The number of nitrogens with zero attached hydrogens (tertiary/aromatic N) is 3. The zero-order valence-electron chi connectivity index (χ0n) is 24.9. The summed E-state index contributed by atoms with van der Waals surface area (Å²) in [6, 6.07) is 11.4. The fourth-order valence-electron chi connectivity index (χ4n) is 5.73. The number of nitrogens with one attached hydrogen (secondary N) is 1. The normalized spacial score (nSPS) is 17.4. The number of likely N-dealkylation sites (tertiary alicyclic amines) is 1. The Balaban J connectivity index is 1.40. The first-order chi connectivity index (χ1) is 21.7. The van der Waals surface area contributed by atoms with Crippen LogP contribution in [0.25, 0.3) is 22.0 Å². The standard InChI is InChI=1S/C34H32F4N4O3/c1-4-28(20-6-5-7-20)42-13-12-34(37,38)31(18-42)45-30-17-23(43-2)16-27-32(30)33(40-19-39-27)41-26-14-21(8-11-29(26)44-3)24-10-9-22(35)15-25(24)36/h4,8-11,14-17,19,31H,1,5-7,12-13,18H2,2-3H3,(H,39,40,41). The number of rotatable bonds is 9. The molecule has 2 fully saturated rings. The highest BCUT2D eigenvalue weighted by Crippen LogP contribution is 2.42. The van der Waals surface area contributed by atoms with Gasteiger partial charge in [-0.15, -0.1) is 0 Å². The Morgan fingerprint density at radius 2 is 1.84 bits per heavy atom. The highest BCUT2D eigenvalue weighted by atomic mass is 19.3. The Hall–Kier alpha value is -4.80. The van der Waals surface area contributed by atoms with E-state index in [1.807, 2.05) is 4.90 Å². The maximum absolute atomic E-state index is 15.4. The summed E-state index contributed by atoms with van der Waals surface area (Å²) in [5.41, 5.74) is 3.54. The first kappa shape index (κ1) is 30.2. The Kier molecular flexibility index (Phi) is 8.26. The molecule has 0 spiro atoms. The molecule has 45 heavy (non-hydrogen) atoms. The van der Waals surface area contributed by atoms with E-state index in [0.717, 1.165) is 31.0 Å². The number of ether oxygens (including phenoxy) is 3. The van der Waals surface area contributed by atoms with Crippen molar-refractivity contribution < 1.29 is 31.8 Å². The second-order valence-electron chi connectivity index (χ2n) is 11.0. The Labute approximate surface area is 258 Å². The van der Waals surface area contributed by atoms with Crippen LogP contribution in [0.2, 0.25) is 0 Å². The van der Waals surface area contributed by atoms with Crippen molar-refractivity contribution >= 4 is 22.4 Å². The third kappa shape index (κ3) is 5.99. The summed E-state index contributed by atoms with van der Waals surface area (Å²) >= 11 is 0. The average Bonchev–Trinajstić information content (AvgIpc) is 3.00. The van der Waals surface area contributed by atoms with E-state index in [2.05, 4.69) is 21.9 Å². The van der Waals surface area contributed by atoms with Crippen LogP contribution in [0.3, 0.4) is 0 Å². The Morgan fingerprint density at radius 1 is 1.02 bits per heavy atom. The quantitative estimate of drug-likeness (QED) is 0.190. The number of alkyl halides is 2. The van der Waals surface area contributed by atoms with Gasteiger partial charge in [0.1, 0.15) is 41.0 Å². The van der Waals surface area contributed by atoms with E-state index in [4.69, 9.17) is 14.2 Å². The van der Waals surface area contributed by atoms with Crippen LogP contribution in [0.5, 0.6) is 17.2 Å². The lowest BCUT2D eigenvalue weighted by Crippen LogP contribution is -2.53. The van der Waals surface area contributed by atoms with Crippen molar-refractivity contribution in [3.63, 3.8) is 0 Å². The number of fused-ring (bicyclic) bond motifs is 1. The lowest BCUT2D eigenvalue weighted by atomic mass is 9.89. The largest absolute Gasteiger partial charge is 0.497 e. The zero-order chi connectivity index (χ0) is 31.7. The van der Waals surface area contributed by atoms with Gasteiger partial charge in [0, 0.05) is 42.4 Å². The van der Waals surface area contributed by atoms with Gasteiger partial charge in [0.15, 0.2) is 6.10 Å². The summed E-state index contributed by atoms with van der Waals surface area (Å²) in [7, 11) is 2.94. The maximum atomic E-state index is 15.4. The molecule has 11 heteroatoms. The molecule has 1 saturated carbocycles. The molecule has 1 N–H and O–H groups in total. The fourth-order valence-corrected chi connectivity index (χ4v) is 5.73. The molecule has 6 rings (SSSR count). The Morgan fingerprint density at radius 3 is 2.53 bits per heavy atom. The predicted octanol–water partition coefficient (Wildman–Crippen LogP) is 8.05. The van der Waals surface area contributed by atoms with E-state index in [1.54, 1.807) is 30.3 Å². The maximum Gasteiger partial charge on any atom is 0.287 e. The fraction of sp³-hybridized carbons (Fsp3) is 0.294. The third-order valence-corrected chi connectivity index (χ3v) is 8.30. The van der Waals surface area contributed by atoms with E-state index < -0.39 is 23.7 Å². The summed E-state index contributed by atoms with van der Waals surface area (Å²) in [6.45, 7) is 4.09. The van der Waals surface area contributed by atoms with Crippen molar-refractivity contribution in [2.24, 2.45) is 0 Å².